The van der Waals surface area contributed by atoms with Gasteiger partial charge in [-0.3, -0.25) is 9.09 Å². The molecule has 2 unspecified atom stereocenters. The van der Waals surface area contributed by atoms with Crippen LogP contribution < -0.4 is 5.73 Å². The Kier molecular flexibility index (Phi) is 8.33. The summed E-state index contributed by atoms with van der Waals surface area (Å²) >= 11 is 0. The average Bonchev–Trinajstić information content (AvgIpc) is 3.35. The van der Waals surface area contributed by atoms with Gasteiger partial charge in [0.05, 0.1) is 19.0 Å². The fourth-order valence-corrected chi connectivity index (χ4v) is 6.14. The number of hydrogen-bond acceptors (Lipinski definition) is 14. The quantitative estimate of drug-likeness (QED) is 0.0940. The van der Waals surface area contributed by atoms with Crippen LogP contribution in [0.5, 0.6) is 0 Å². The third-order valence-corrected chi connectivity index (χ3v) is 8.21. The first kappa shape index (κ1) is 27.2. The number of aromatic nitrogens is 4. The van der Waals surface area contributed by atoms with Crippen molar-refractivity contribution in [3.05, 3.63) is 28.0 Å². The standard InChI is InChI=1S/C11H16N9O12P3/c12-10-9-11(15-3-14-10)20(4-16-9)8-1-6(28-5-17-18-13)7(30-8)2-29-33(22,19-21)31-35(26,27)32-34(23,24)25/h3-4,6-8H,1-2,5H2,(H,26,27)(H2,12,14,15)(H2,23,24,25)/t6-,7-,8-,33?/m1/s1. The molecule has 192 valence electrons. The highest BCUT2D eigenvalue weighted by Gasteiger charge is 2.45. The van der Waals surface area contributed by atoms with Crippen LogP contribution in [-0.4, -0.2) is 59.7 Å². The Bertz CT molecular complexity index is 1280. The average molecular weight is 559 g/mol. The molecule has 21 nitrogen and oxygen atoms in total. The van der Waals surface area contributed by atoms with E-state index in [0.717, 1.165) is 0 Å². The van der Waals surface area contributed by atoms with E-state index in [-0.39, 0.29) is 23.4 Å². The summed E-state index contributed by atoms with van der Waals surface area (Å²) in [5.74, 6) is 0.101. The molecule has 1 saturated heterocycles. The molecule has 24 heteroatoms. The van der Waals surface area contributed by atoms with Gasteiger partial charge >= 0.3 is 23.4 Å². The van der Waals surface area contributed by atoms with Crippen molar-refractivity contribution in [1.82, 2.24) is 19.5 Å². The first-order valence-corrected chi connectivity index (χ1v) is 13.5. The molecule has 3 rings (SSSR count). The van der Waals surface area contributed by atoms with E-state index in [0.29, 0.717) is 0 Å². The molecular formula is C11H16N9O12P3. The molecule has 5 N–H and O–H groups in total. The maximum Gasteiger partial charge on any atom is 0.498 e. The molecule has 3 heterocycles. The molecule has 0 spiro atoms. The predicted octanol–water partition coefficient (Wildman–Crippen LogP) is 1.47. The number of nitrogens with two attached hydrogens (primary N) is 1. The highest BCUT2D eigenvalue weighted by atomic mass is 31.3. The Morgan fingerprint density at radius 1 is 1.26 bits per heavy atom. The number of azide groups is 1. The van der Waals surface area contributed by atoms with E-state index in [4.69, 9.17) is 35.0 Å². The van der Waals surface area contributed by atoms with Crippen LogP contribution in [0.2, 0.25) is 0 Å². The smallest absolute Gasteiger partial charge is 0.382 e. The fraction of sp³-hybridized carbons (Fsp3) is 0.545. The van der Waals surface area contributed by atoms with Crippen LogP contribution in [0.1, 0.15) is 12.6 Å². The molecule has 0 bridgehead atoms. The summed E-state index contributed by atoms with van der Waals surface area (Å²) in [6.45, 7) is -1.25. The number of imidazole rings is 1. The van der Waals surface area contributed by atoms with Crippen LogP contribution in [0.4, 0.5) is 5.82 Å². The molecule has 5 atom stereocenters. The first-order valence-electron chi connectivity index (χ1n) is 8.98. The summed E-state index contributed by atoms with van der Waals surface area (Å²) in [4.78, 5) is 54.1. The number of phosphoric acid groups is 2. The summed E-state index contributed by atoms with van der Waals surface area (Å²) in [7, 11) is -16.7. The van der Waals surface area contributed by atoms with E-state index in [1.165, 1.54) is 17.2 Å². The maximum atomic E-state index is 12.3. The number of nitrogen functional groups attached to an aromatic ring is 1. The lowest BCUT2D eigenvalue weighted by Crippen LogP contribution is -2.29. The Labute approximate surface area is 193 Å². The van der Waals surface area contributed by atoms with Crippen molar-refractivity contribution < 1.29 is 51.0 Å². The second kappa shape index (κ2) is 10.7. The van der Waals surface area contributed by atoms with Gasteiger partial charge in [-0.25, -0.2) is 28.6 Å². The van der Waals surface area contributed by atoms with E-state index in [2.05, 4.69) is 33.6 Å². The molecule has 0 aromatic carbocycles. The molecule has 0 aliphatic carbocycles. The predicted molar refractivity (Wildman–Crippen MR) is 111 cm³/mol. The van der Waals surface area contributed by atoms with Crippen molar-refractivity contribution in [2.75, 3.05) is 19.1 Å². The van der Waals surface area contributed by atoms with Crippen molar-refractivity contribution in [3.8, 4) is 0 Å². The number of anilines is 1. The number of nitrogens with zero attached hydrogens (tertiary/aromatic N) is 8. The van der Waals surface area contributed by atoms with Crippen molar-refractivity contribution in [2.24, 2.45) is 10.1 Å². The molecule has 1 aliphatic rings. The molecule has 35 heavy (non-hydrogen) atoms. The maximum absolute atomic E-state index is 12.3. The SMILES string of the molecule is [N-]=[N+]=NCO[C@@H]1C[C@H](n2cnc3c(N)ncnc32)O[C@@H]1COP(=O)(N=O)OP(=O)(O)OP(=O)(O)O. The Hall–Kier alpha value is -2.37. The molecule has 0 amide bonds. The lowest BCUT2D eigenvalue weighted by Gasteiger charge is -2.20. The number of fused-ring (bicyclic) bond motifs is 1. The normalized spacial score (nSPS) is 23.9. The summed E-state index contributed by atoms with van der Waals surface area (Å²) in [6, 6.07) is 0. The molecule has 1 fully saturated rings. The van der Waals surface area contributed by atoms with Gasteiger partial charge in [-0.2, -0.15) is 8.62 Å². The Balaban J connectivity index is 1.77. The van der Waals surface area contributed by atoms with Gasteiger partial charge in [0.15, 0.2) is 11.5 Å². The van der Waals surface area contributed by atoms with Crippen molar-refractivity contribution >= 4 is 40.4 Å². The summed E-state index contributed by atoms with van der Waals surface area (Å²) in [5.41, 5.74) is 14.8. The summed E-state index contributed by atoms with van der Waals surface area (Å²) in [6.07, 6.45) is -0.331. The Morgan fingerprint density at radius 3 is 2.66 bits per heavy atom. The van der Waals surface area contributed by atoms with Gasteiger partial charge in [0.1, 0.15) is 30.9 Å². The number of hydrogen-bond donors (Lipinski definition) is 4. The summed E-state index contributed by atoms with van der Waals surface area (Å²) in [5, 5.41) is 3.22. The van der Waals surface area contributed by atoms with E-state index < -0.39 is 55.2 Å². The fourth-order valence-electron chi connectivity index (χ4n) is 2.94. The zero-order chi connectivity index (χ0) is 25.9. The second-order valence-electron chi connectivity index (χ2n) is 6.48. The summed E-state index contributed by atoms with van der Waals surface area (Å²) < 4.78 is 59.5. The van der Waals surface area contributed by atoms with Gasteiger partial charge in [0, 0.05) is 16.3 Å². The molecule has 2 aromatic rings. The third kappa shape index (κ3) is 7.08. The minimum atomic E-state index is -5.74. The first-order chi connectivity index (χ1) is 16.4. The monoisotopic (exact) mass is 559 g/mol. The van der Waals surface area contributed by atoms with E-state index in [9.17, 15) is 23.5 Å². The van der Waals surface area contributed by atoms with Gasteiger partial charge in [0.25, 0.3) is 0 Å². The van der Waals surface area contributed by atoms with Crippen LogP contribution in [0.25, 0.3) is 21.6 Å². The van der Waals surface area contributed by atoms with Gasteiger partial charge in [-0.15, -0.1) is 4.91 Å². The van der Waals surface area contributed by atoms with Crippen LogP contribution >= 0.6 is 23.4 Å². The number of rotatable bonds is 12. The topological polar surface area (TPSA) is 306 Å². The minimum absolute atomic E-state index is 0.0594. The Morgan fingerprint density at radius 2 is 2.00 bits per heavy atom. The number of nitroso groups, excluding NO2 is 1. The molecule has 2 aromatic heterocycles. The third-order valence-electron chi connectivity index (χ3n) is 4.21. The second-order valence-corrected chi connectivity index (χ2v) is 11.1. The minimum Gasteiger partial charge on any atom is -0.382 e. The highest BCUT2D eigenvalue weighted by molar-refractivity contribution is 7.68. The van der Waals surface area contributed by atoms with Crippen LogP contribution in [0.15, 0.2) is 22.7 Å². The van der Waals surface area contributed by atoms with E-state index in [1.807, 2.05) is 4.95 Å². The molecular weight excluding hydrogens is 543 g/mol. The van der Waals surface area contributed by atoms with Crippen molar-refractivity contribution in [2.45, 2.75) is 24.9 Å². The lowest BCUT2D eigenvalue weighted by atomic mass is 10.2. The largest absolute Gasteiger partial charge is 0.498 e. The van der Waals surface area contributed by atoms with E-state index in [1.54, 1.807) is 0 Å². The van der Waals surface area contributed by atoms with Gasteiger partial charge in [-0.05, 0) is 5.53 Å². The highest BCUT2D eigenvalue weighted by Crippen LogP contribution is 2.68. The van der Waals surface area contributed by atoms with Crippen LogP contribution in [0.3, 0.4) is 0 Å². The molecule has 0 saturated carbocycles. The zero-order valence-corrected chi connectivity index (χ0v) is 19.7. The molecule has 1 aliphatic heterocycles. The lowest BCUT2D eigenvalue weighted by molar-refractivity contribution is -0.0560. The van der Waals surface area contributed by atoms with Crippen LogP contribution in [0, 0.1) is 4.91 Å². The van der Waals surface area contributed by atoms with Gasteiger partial charge in [-0.1, -0.05) is 5.11 Å². The van der Waals surface area contributed by atoms with Crippen molar-refractivity contribution in [3.63, 3.8) is 0 Å². The van der Waals surface area contributed by atoms with Gasteiger partial charge in [0.2, 0.25) is 0 Å². The van der Waals surface area contributed by atoms with Crippen molar-refractivity contribution in [1.29, 1.82) is 0 Å². The van der Waals surface area contributed by atoms with E-state index >= 15 is 0 Å². The number of ether oxygens (including phenoxy) is 2. The molecule has 0 radical (unpaired) electrons. The van der Waals surface area contributed by atoms with Crippen LogP contribution in [-0.2, 0) is 36.3 Å². The van der Waals surface area contributed by atoms with Gasteiger partial charge < -0.3 is 29.9 Å². The zero-order valence-electron chi connectivity index (χ0n) is 17.0.